The molecule has 0 fully saturated rings. The van der Waals surface area contributed by atoms with E-state index in [0.29, 0.717) is 29.5 Å². The van der Waals surface area contributed by atoms with Crippen molar-refractivity contribution in [2.24, 2.45) is 0 Å². The molecule has 10 heteroatoms. The van der Waals surface area contributed by atoms with Crippen LogP contribution in [0.1, 0.15) is 12.5 Å². The van der Waals surface area contributed by atoms with Gasteiger partial charge in [-0.3, -0.25) is 4.79 Å². The molecule has 0 aliphatic rings. The second-order valence-corrected chi connectivity index (χ2v) is 9.57. The van der Waals surface area contributed by atoms with Gasteiger partial charge in [0, 0.05) is 6.07 Å². The first kappa shape index (κ1) is 26.3. The highest BCUT2D eigenvalue weighted by molar-refractivity contribution is 7.89. The van der Waals surface area contributed by atoms with Gasteiger partial charge >= 0.3 is 0 Å². The first-order chi connectivity index (χ1) is 16.8. The fourth-order valence-electron chi connectivity index (χ4n) is 3.35. The summed E-state index contributed by atoms with van der Waals surface area (Å²) >= 11 is 6.19. The van der Waals surface area contributed by atoms with E-state index in [1.165, 1.54) is 32.4 Å². The lowest BCUT2D eigenvalue weighted by atomic mass is 10.1. The van der Waals surface area contributed by atoms with Crippen molar-refractivity contribution in [2.75, 3.05) is 26.1 Å². The number of carbonyl (C=O) groups is 1. The molecule has 186 valence electrons. The first-order valence-corrected chi connectivity index (χ1v) is 12.6. The molecular weight excluding hydrogens is 492 g/mol. The average Bonchev–Trinajstić information content (AvgIpc) is 2.85. The second kappa shape index (κ2) is 11.9. The fourth-order valence-corrected chi connectivity index (χ4v) is 4.87. The number of sulfonamides is 1. The quantitative estimate of drug-likeness (QED) is 0.392. The van der Waals surface area contributed by atoms with Crippen molar-refractivity contribution in [3.63, 3.8) is 0 Å². The molecule has 1 amide bonds. The van der Waals surface area contributed by atoms with Gasteiger partial charge in [0.15, 0.2) is 0 Å². The van der Waals surface area contributed by atoms with Gasteiger partial charge in [0.1, 0.15) is 23.3 Å². The Hall–Kier alpha value is -3.27. The number of hydrogen-bond acceptors (Lipinski definition) is 6. The normalized spacial score (nSPS) is 12.0. The van der Waals surface area contributed by atoms with Crippen LogP contribution in [0.4, 0.5) is 5.69 Å². The maximum Gasteiger partial charge on any atom is 0.243 e. The predicted octanol–water partition coefficient (Wildman–Crippen LogP) is 4.28. The predicted molar refractivity (Wildman–Crippen MR) is 135 cm³/mol. The van der Waals surface area contributed by atoms with E-state index >= 15 is 0 Å². The Morgan fingerprint density at radius 1 is 0.971 bits per heavy atom. The second-order valence-electron chi connectivity index (χ2n) is 7.44. The summed E-state index contributed by atoms with van der Waals surface area (Å²) in [4.78, 5) is 13.2. The van der Waals surface area contributed by atoms with Crippen LogP contribution in [0.5, 0.6) is 17.2 Å². The van der Waals surface area contributed by atoms with Crippen LogP contribution in [-0.4, -0.2) is 41.2 Å². The third-order valence-corrected chi connectivity index (χ3v) is 6.84. The molecule has 2 N–H and O–H groups in total. The highest BCUT2D eigenvalue weighted by atomic mass is 35.5. The fraction of sp³-hybridized carbons (Fsp3) is 0.240. The maximum absolute atomic E-state index is 13.3. The van der Waals surface area contributed by atoms with Gasteiger partial charge in [-0.25, -0.2) is 8.42 Å². The Kier molecular flexibility index (Phi) is 8.97. The van der Waals surface area contributed by atoms with E-state index in [4.69, 9.17) is 25.8 Å². The van der Waals surface area contributed by atoms with E-state index < -0.39 is 22.0 Å². The number of carbonyl (C=O) groups excluding carboxylic acids is 1. The van der Waals surface area contributed by atoms with E-state index in [2.05, 4.69) is 10.0 Å². The van der Waals surface area contributed by atoms with Crippen LogP contribution in [0.2, 0.25) is 5.02 Å². The molecule has 3 rings (SSSR count). The molecule has 0 saturated carbocycles. The number of benzene rings is 3. The molecule has 0 saturated heterocycles. The minimum absolute atomic E-state index is 0.0872. The molecule has 0 radical (unpaired) electrons. The number of nitrogens with one attached hydrogen (secondary N) is 2. The molecule has 35 heavy (non-hydrogen) atoms. The molecule has 1 atom stereocenters. The molecule has 3 aromatic carbocycles. The SMILES string of the molecule is CCOc1ccc(S(=O)(=O)NC(Cc2ccccc2)C(=O)Nc2cc(OC)ccc2OC)cc1Cl. The van der Waals surface area contributed by atoms with Crippen LogP contribution in [0.25, 0.3) is 0 Å². The van der Waals surface area contributed by atoms with Gasteiger partial charge in [-0.1, -0.05) is 41.9 Å². The van der Waals surface area contributed by atoms with Crippen molar-refractivity contribution in [3.05, 3.63) is 77.3 Å². The van der Waals surface area contributed by atoms with Crippen molar-refractivity contribution in [1.82, 2.24) is 4.72 Å². The van der Waals surface area contributed by atoms with Gasteiger partial charge in [0.2, 0.25) is 15.9 Å². The first-order valence-electron chi connectivity index (χ1n) is 10.8. The molecule has 0 bridgehead atoms. The van der Waals surface area contributed by atoms with E-state index in [1.807, 2.05) is 30.3 Å². The third-order valence-electron chi connectivity index (χ3n) is 5.07. The number of ether oxygens (including phenoxy) is 3. The molecule has 0 aliphatic heterocycles. The number of halogens is 1. The summed E-state index contributed by atoms with van der Waals surface area (Å²) < 4.78 is 44.8. The largest absolute Gasteiger partial charge is 0.497 e. The summed E-state index contributed by atoms with van der Waals surface area (Å²) in [6.07, 6.45) is 0.114. The Labute approximate surface area is 210 Å². The molecule has 0 aromatic heterocycles. The molecule has 1 unspecified atom stereocenters. The highest BCUT2D eigenvalue weighted by Gasteiger charge is 2.27. The molecule has 0 aliphatic carbocycles. The number of amides is 1. The number of rotatable bonds is 11. The number of methoxy groups -OCH3 is 2. The third kappa shape index (κ3) is 6.88. The lowest BCUT2D eigenvalue weighted by Gasteiger charge is -2.20. The summed E-state index contributed by atoms with van der Waals surface area (Å²) in [5, 5.41) is 2.90. The number of anilines is 1. The van der Waals surface area contributed by atoms with Crippen LogP contribution in [0.3, 0.4) is 0 Å². The van der Waals surface area contributed by atoms with E-state index in [-0.39, 0.29) is 16.3 Å². The van der Waals surface area contributed by atoms with E-state index in [0.717, 1.165) is 5.56 Å². The summed E-state index contributed by atoms with van der Waals surface area (Å²) in [5.74, 6) is 0.710. The standard InChI is InChI=1S/C25H27ClN2O6S/c1-4-34-23-13-11-19(16-20(23)26)35(30,31)28-22(14-17-8-6-5-7-9-17)25(29)27-21-15-18(32-2)10-12-24(21)33-3/h5-13,15-16,22,28H,4,14H2,1-3H3,(H,27,29). The minimum atomic E-state index is -4.11. The van der Waals surface area contributed by atoms with Crippen LogP contribution in [-0.2, 0) is 21.2 Å². The van der Waals surface area contributed by atoms with Crippen molar-refractivity contribution < 1.29 is 27.4 Å². The minimum Gasteiger partial charge on any atom is -0.497 e. The summed E-state index contributed by atoms with van der Waals surface area (Å²) in [6.45, 7) is 2.18. The van der Waals surface area contributed by atoms with Crippen molar-refractivity contribution in [3.8, 4) is 17.2 Å². The molecular formula is C25H27ClN2O6S. The lowest BCUT2D eigenvalue weighted by Crippen LogP contribution is -2.45. The van der Waals surface area contributed by atoms with Crippen molar-refractivity contribution in [2.45, 2.75) is 24.3 Å². The van der Waals surface area contributed by atoms with Gasteiger partial charge in [-0.05, 0) is 49.2 Å². The highest BCUT2D eigenvalue weighted by Crippen LogP contribution is 2.30. The monoisotopic (exact) mass is 518 g/mol. The van der Waals surface area contributed by atoms with E-state index in [1.54, 1.807) is 25.1 Å². The maximum atomic E-state index is 13.3. The Morgan fingerprint density at radius 3 is 2.31 bits per heavy atom. The van der Waals surface area contributed by atoms with Gasteiger partial charge in [0.05, 0.1) is 36.4 Å². The van der Waals surface area contributed by atoms with Gasteiger partial charge in [0.25, 0.3) is 0 Å². The lowest BCUT2D eigenvalue weighted by molar-refractivity contribution is -0.117. The Morgan fingerprint density at radius 2 is 1.69 bits per heavy atom. The molecule has 8 nitrogen and oxygen atoms in total. The van der Waals surface area contributed by atoms with Crippen LogP contribution in [0.15, 0.2) is 71.6 Å². The zero-order valence-electron chi connectivity index (χ0n) is 19.6. The van der Waals surface area contributed by atoms with E-state index in [9.17, 15) is 13.2 Å². The van der Waals surface area contributed by atoms with Gasteiger partial charge in [-0.2, -0.15) is 4.72 Å². The molecule has 0 heterocycles. The van der Waals surface area contributed by atoms with Crippen LogP contribution >= 0.6 is 11.6 Å². The smallest absolute Gasteiger partial charge is 0.243 e. The summed E-state index contributed by atoms with van der Waals surface area (Å²) in [7, 11) is -1.14. The zero-order valence-corrected chi connectivity index (χ0v) is 21.2. The molecule has 0 spiro atoms. The average molecular weight is 519 g/mol. The summed E-state index contributed by atoms with van der Waals surface area (Å²) in [6, 6.07) is 17.0. The van der Waals surface area contributed by atoms with Crippen molar-refractivity contribution >= 4 is 33.2 Å². The molecule has 3 aromatic rings. The van der Waals surface area contributed by atoms with Crippen LogP contribution < -0.4 is 24.2 Å². The Balaban J connectivity index is 1.91. The topological polar surface area (TPSA) is 103 Å². The number of hydrogen-bond donors (Lipinski definition) is 2. The Bertz CT molecular complexity index is 1270. The van der Waals surface area contributed by atoms with Gasteiger partial charge in [-0.15, -0.1) is 0 Å². The van der Waals surface area contributed by atoms with Crippen LogP contribution in [0, 0.1) is 0 Å². The zero-order chi connectivity index (χ0) is 25.4. The summed E-state index contributed by atoms with van der Waals surface area (Å²) in [5.41, 5.74) is 1.12. The van der Waals surface area contributed by atoms with Crippen molar-refractivity contribution in [1.29, 1.82) is 0 Å². The van der Waals surface area contributed by atoms with Gasteiger partial charge < -0.3 is 19.5 Å².